The number of nitrogens with two attached hydrogens (primary N) is 1. The highest BCUT2D eigenvalue weighted by Gasteiger charge is 2.15. The smallest absolute Gasteiger partial charge is 0.189 e. The van der Waals surface area contributed by atoms with Gasteiger partial charge < -0.3 is 5.73 Å². The van der Waals surface area contributed by atoms with Gasteiger partial charge in [0, 0.05) is 0 Å². The van der Waals surface area contributed by atoms with Gasteiger partial charge in [0.2, 0.25) is 0 Å². The Kier molecular flexibility index (Phi) is 3.63. The molecule has 1 aromatic heterocycles. The zero-order valence-corrected chi connectivity index (χ0v) is 8.86. The van der Waals surface area contributed by atoms with Crippen LogP contribution in [0.2, 0.25) is 0 Å². The van der Waals surface area contributed by atoms with E-state index in [4.69, 9.17) is 5.73 Å². The fraction of sp³-hybridized carbons (Fsp3) is 0.500. The van der Waals surface area contributed by atoms with E-state index in [0.29, 0.717) is 0 Å². The fourth-order valence-electron chi connectivity index (χ4n) is 1.19. The summed E-state index contributed by atoms with van der Waals surface area (Å²) < 4.78 is 0. The minimum absolute atomic E-state index is 0.0833. The minimum atomic E-state index is -0.317. The van der Waals surface area contributed by atoms with Crippen molar-refractivity contribution in [2.75, 3.05) is 0 Å². The number of rotatable bonds is 4. The van der Waals surface area contributed by atoms with Crippen LogP contribution in [0.4, 0.5) is 0 Å². The second-order valence-corrected chi connectivity index (χ2v) is 4.16. The Morgan fingerprint density at radius 2 is 2.38 bits per heavy atom. The van der Waals surface area contributed by atoms with Crippen molar-refractivity contribution in [3.8, 4) is 0 Å². The van der Waals surface area contributed by atoms with E-state index < -0.39 is 0 Å². The van der Waals surface area contributed by atoms with Crippen molar-refractivity contribution in [1.82, 2.24) is 0 Å². The summed E-state index contributed by atoms with van der Waals surface area (Å²) in [5.41, 5.74) is 6.86. The number of aryl methyl sites for hydroxylation is 1. The second-order valence-electron chi connectivity index (χ2n) is 3.25. The van der Waals surface area contributed by atoms with Gasteiger partial charge in [-0.1, -0.05) is 13.3 Å². The van der Waals surface area contributed by atoms with Crippen LogP contribution in [0.25, 0.3) is 0 Å². The van der Waals surface area contributed by atoms with E-state index in [1.54, 1.807) is 0 Å². The molecule has 3 heteroatoms. The second kappa shape index (κ2) is 4.53. The normalized spacial score (nSPS) is 12.8. The van der Waals surface area contributed by atoms with Gasteiger partial charge in [0.15, 0.2) is 5.78 Å². The van der Waals surface area contributed by atoms with Crippen molar-refractivity contribution in [1.29, 1.82) is 0 Å². The molecule has 1 rings (SSSR count). The molecule has 0 saturated carbocycles. The summed E-state index contributed by atoms with van der Waals surface area (Å²) in [7, 11) is 0. The van der Waals surface area contributed by atoms with Gasteiger partial charge in [0.1, 0.15) is 0 Å². The Hall–Kier alpha value is -0.670. The van der Waals surface area contributed by atoms with E-state index >= 15 is 0 Å². The molecule has 0 aliphatic carbocycles. The summed E-state index contributed by atoms with van der Waals surface area (Å²) in [5.74, 6) is 0.0833. The Morgan fingerprint density at radius 3 is 2.85 bits per heavy atom. The number of Topliss-reactive ketones (excluding diaryl/α,β-unsaturated/α-hetero) is 1. The Morgan fingerprint density at radius 1 is 1.69 bits per heavy atom. The van der Waals surface area contributed by atoms with E-state index in [9.17, 15) is 4.79 Å². The lowest BCUT2D eigenvalue weighted by molar-refractivity contribution is 0.0961. The molecule has 13 heavy (non-hydrogen) atoms. The number of thiophene rings is 1. The lowest BCUT2D eigenvalue weighted by atomic mass is 10.1. The highest BCUT2D eigenvalue weighted by atomic mass is 32.1. The third-order valence-electron chi connectivity index (χ3n) is 1.91. The van der Waals surface area contributed by atoms with Crippen LogP contribution >= 0.6 is 11.3 Å². The molecule has 0 aliphatic heterocycles. The van der Waals surface area contributed by atoms with Crippen molar-refractivity contribution in [2.24, 2.45) is 5.73 Å². The molecule has 1 atom stereocenters. The maximum absolute atomic E-state index is 11.6. The molecule has 2 nitrogen and oxygen atoms in total. The van der Waals surface area contributed by atoms with Crippen LogP contribution in [-0.2, 0) is 0 Å². The Balaban J connectivity index is 2.67. The zero-order chi connectivity index (χ0) is 9.84. The Labute approximate surface area is 82.8 Å². The third kappa shape index (κ3) is 2.64. The molecule has 1 aromatic rings. The van der Waals surface area contributed by atoms with Crippen LogP contribution in [0.1, 0.15) is 35.0 Å². The van der Waals surface area contributed by atoms with Crippen LogP contribution in [0.15, 0.2) is 11.4 Å². The number of hydrogen-bond donors (Lipinski definition) is 1. The maximum atomic E-state index is 11.6. The first-order chi connectivity index (χ1) is 6.15. The van der Waals surface area contributed by atoms with Gasteiger partial charge in [0.05, 0.1) is 10.9 Å². The standard InChI is InChI=1S/C10H15NOS/c1-3-4-8(11)10(12)9-5-7(2)6-13-9/h5-6,8H,3-4,11H2,1-2H3. The van der Waals surface area contributed by atoms with Gasteiger partial charge in [-0.3, -0.25) is 4.79 Å². The van der Waals surface area contributed by atoms with Crippen LogP contribution in [0, 0.1) is 6.92 Å². The van der Waals surface area contributed by atoms with Gasteiger partial charge >= 0.3 is 0 Å². The lowest BCUT2D eigenvalue weighted by Gasteiger charge is -2.06. The van der Waals surface area contributed by atoms with Crippen molar-refractivity contribution in [3.05, 3.63) is 21.9 Å². The van der Waals surface area contributed by atoms with Gasteiger partial charge in [-0.15, -0.1) is 11.3 Å². The predicted molar refractivity (Wildman–Crippen MR) is 56.3 cm³/mol. The first kappa shape index (κ1) is 10.4. The lowest BCUT2D eigenvalue weighted by Crippen LogP contribution is -2.29. The molecule has 1 heterocycles. The van der Waals surface area contributed by atoms with Gasteiger partial charge in [-0.05, 0) is 30.4 Å². The molecule has 0 amide bonds. The molecular weight excluding hydrogens is 182 g/mol. The largest absolute Gasteiger partial charge is 0.321 e. The first-order valence-corrected chi connectivity index (χ1v) is 5.38. The number of hydrogen-bond acceptors (Lipinski definition) is 3. The average molecular weight is 197 g/mol. The van der Waals surface area contributed by atoms with Crippen LogP contribution < -0.4 is 5.73 Å². The molecule has 72 valence electrons. The molecule has 0 spiro atoms. The summed E-state index contributed by atoms with van der Waals surface area (Å²) in [5, 5.41) is 1.98. The van der Waals surface area contributed by atoms with Crippen LogP contribution in [0.5, 0.6) is 0 Å². The topological polar surface area (TPSA) is 43.1 Å². The molecule has 0 bridgehead atoms. The molecule has 2 N–H and O–H groups in total. The summed E-state index contributed by atoms with van der Waals surface area (Å²) >= 11 is 1.48. The number of carbonyl (C=O) groups excluding carboxylic acids is 1. The van der Waals surface area contributed by atoms with E-state index in [0.717, 1.165) is 23.3 Å². The highest BCUT2D eigenvalue weighted by Crippen LogP contribution is 2.16. The van der Waals surface area contributed by atoms with Gasteiger partial charge in [-0.2, -0.15) is 0 Å². The molecule has 0 aromatic carbocycles. The van der Waals surface area contributed by atoms with E-state index in [2.05, 4.69) is 0 Å². The van der Waals surface area contributed by atoms with Crippen LogP contribution in [-0.4, -0.2) is 11.8 Å². The predicted octanol–water partition coefficient (Wildman–Crippen LogP) is 2.37. The molecule has 0 saturated heterocycles. The monoisotopic (exact) mass is 197 g/mol. The summed E-state index contributed by atoms with van der Waals surface area (Å²) in [4.78, 5) is 12.4. The Bertz CT molecular complexity index is 293. The van der Waals surface area contributed by atoms with Crippen molar-refractivity contribution in [2.45, 2.75) is 32.7 Å². The molecule has 1 unspecified atom stereocenters. The fourth-order valence-corrected chi connectivity index (χ4v) is 2.09. The molecule has 0 aliphatic rings. The first-order valence-electron chi connectivity index (χ1n) is 4.50. The highest BCUT2D eigenvalue weighted by molar-refractivity contribution is 7.12. The summed E-state index contributed by atoms with van der Waals surface area (Å²) in [6, 6.07) is 1.59. The van der Waals surface area contributed by atoms with Crippen LogP contribution in [0.3, 0.4) is 0 Å². The zero-order valence-electron chi connectivity index (χ0n) is 8.04. The minimum Gasteiger partial charge on any atom is -0.321 e. The van der Waals surface area contributed by atoms with E-state index in [1.165, 1.54) is 11.3 Å². The van der Waals surface area contributed by atoms with Crippen molar-refractivity contribution < 1.29 is 4.79 Å². The molecular formula is C10H15NOS. The average Bonchev–Trinajstić information content (AvgIpc) is 2.51. The molecule has 0 radical (unpaired) electrons. The van der Waals surface area contributed by atoms with Crippen molar-refractivity contribution >= 4 is 17.1 Å². The summed E-state index contributed by atoms with van der Waals surface area (Å²) in [6.07, 6.45) is 1.73. The molecule has 0 fully saturated rings. The van der Waals surface area contributed by atoms with E-state index in [-0.39, 0.29) is 11.8 Å². The van der Waals surface area contributed by atoms with Gasteiger partial charge in [-0.25, -0.2) is 0 Å². The number of ketones is 1. The SMILES string of the molecule is CCCC(N)C(=O)c1cc(C)cs1. The number of carbonyl (C=O) groups is 1. The van der Waals surface area contributed by atoms with E-state index in [1.807, 2.05) is 25.3 Å². The quantitative estimate of drug-likeness (QED) is 0.753. The maximum Gasteiger partial charge on any atom is 0.189 e. The van der Waals surface area contributed by atoms with Gasteiger partial charge in [0.25, 0.3) is 0 Å². The van der Waals surface area contributed by atoms with Crippen molar-refractivity contribution in [3.63, 3.8) is 0 Å². The third-order valence-corrected chi connectivity index (χ3v) is 2.97. The summed E-state index contributed by atoms with van der Waals surface area (Å²) in [6.45, 7) is 4.02.